The van der Waals surface area contributed by atoms with Gasteiger partial charge >= 0.3 is 10.4 Å². The van der Waals surface area contributed by atoms with Crippen LogP contribution >= 0.6 is 7.92 Å². The molecule has 4 nitrogen and oxygen atoms in total. The van der Waals surface area contributed by atoms with Gasteiger partial charge in [-0.15, -0.1) is 0 Å². The molecule has 0 radical (unpaired) electrons. The van der Waals surface area contributed by atoms with E-state index in [1.165, 1.54) is 0 Å². The van der Waals surface area contributed by atoms with Crippen LogP contribution in [0.4, 0.5) is 0 Å². The molecule has 0 saturated carbocycles. The van der Waals surface area contributed by atoms with E-state index >= 15 is 0 Å². The third-order valence-corrected chi connectivity index (χ3v) is 6.16. The molecule has 21 heavy (non-hydrogen) atoms. The second-order valence-electron chi connectivity index (χ2n) is 4.62. The van der Waals surface area contributed by atoms with E-state index < -0.39 is 24.4 Å². The van der Waals surface area contributed by atoms with Gasteiger partial charge in [0.2, 0.25) is 0 Å². The van der Waals surface area contributed by atoms with Gasteiger partial charge in [-0.05, 0) is 25.5 Å². The van der Waals surface area contributed by atoms with E-state index in [0.29, 0.717) is 6.16 Å². The van der Waals surface area contributed by atoms with Gasteiger partial charge in [-0.25, -0.2) is 4.18 Å². The van der Waals surface area contributed by atoms with Crippen LogP contribution in [0.15, 0.2) is 60.7 Å². The topological polar surface area (TPSA) is 63.6 Å². The first-order valence-corrected chi connectivity index (χ1v) is 9.38. The molecule has 0 fully saturated rings. The van der Waals surface area contributed by atoms with E-state index in [4.69, 9.17) is 4.55 Å². The van der Waals surface area contributed by atoms with Crippen LogP contribution in [0.5, 0.6) is 0 Å². The van der Waals surface area contributed by atoms with E-state index in [9.17, 15) is 8.42 Å². The number of hydrogen-bond acceptors (Lipinski definition) is 3. The molecule has 0 aliphatic rings. The molecule has 2 rings (SSSR count). The minimum atomic E-state index is -4.42. The van der Waals surface area contributed by atoms with Gasteiger partial charge in [0.05, 0.1) is 6.10 Å². The summed E-state index contributed by atoms with van der Waals surface area (Å²) in [6.45, 7) is 1.65. The quantitative estimate of drug-likeness (QED) is 0.654. The molecule has 1 unspecified atom stereocenters. The highest BCUT2D eigenvalue weighted by Gasteiger charge is 2.20. The molecule has 0 aliphatic carbocycles. The van der Waals surface area contributed by atoms with Gasteiger partial charge in [-0.3, -0.25) is 4.55 Å². The molecule has 6 heteroatoms. The van der Waals surface area contributed by atoms with Crippen LogP contribution in [0.3, 0.4) is 0 Å². The van der Waals surface area contributed by atoms with Gasteiger partial charge in [0.25, 0.3) is 0 Å². The Kier molecular flexibility index (Phi) is 5.48. The summed E-state index contributed by atoms with van der Waals surface area (Å²) in [5, 5.41) is 2.29. The Morgan fingerprint density at radius 2 is 1.43 bits per heavy atom. The highest BCUT2D eigenvalue weighted by Crippen LogP contribution is 2.34. The summed E-state index contributed by atoms with van der Waals surface area (Å²) >= 11 is 0. The van der Waals surface area contributed by atoms with Crippen molar-refractivity contribution in [1.82, 2.24) is 0 Å². The molecule has 1 N–H and O–H groups in total. The molecule has 0 spiro atoms. The van der Waals surface area contributed by atoms with E-state index in [1.54, 1.807) is 6.92 Å². The van der Waals surface area contributed by atoms with Crippen LogP contribution in [0.1, 0.15) is 6.92 Å². The molecular formula is C15H17O4PS. The Morgan fingerprint density at radius 3 is 1.81 bits per heavy atom. The molecule has 0 bridgehead atoms. The number of benzene rings is 2. The van der Waals surface area contributed by atoms with Crippen LogP contribution in [-0.2, 0) is 14.6 Å². The first-order valence-electron chi connectivity index (χ1n) is 6.49. The SMILES string of the molecule is CC(CP(c1ccccc1)c1ccccc1)OS(=O)(=O)O. The molecule has 0 amide bonds. The van der Waals surface area contributed by atoms with Crippen LogP contribution in [0.2, 0.25) is 0 Å². The smallest absolute Gasteiger partial charge is 0.264 e. The van der Waals surface area contributed by atoms with E-state index in [0.717, 1.165) is 10.6 Å². The Bertz CT molecular complexity index is 619. The third kappa shape index (κ3) is 5.21. The Hall–Kier alpha value is -1.26. The maximum atomic E-state index is 10.8. The van der Waals surface area contributed by atoms with Crippen molar-refractivity contribution in [1.29, 1.82) is 0 Å². The summed E-state index contributed by atoms with van der Waals surface area (Å²) in [4.78, 5) is 0. The zero-order valence-corrected chi connectivity index (χ0v) is 13.3. The molecule has 0 heterocycles. The summed E-state index contributed by atoms with van der Waals surface area (Å²) in [5.41, 5.74) is 0. The zero-order valence-electron chi connectivity index (χ0n) is 11.6. The normalized spacial score (nSPS) is 13.3. The standard InChI is InChI=1S/C15H17O4PS/c1-13(19-21(16,17)18)12-20(14-8-4-2-5-9-14)15-10-6-3-7-11-15/h2-11,13H,12H2,1H3,(H,16,17,18). The lowest BCUT2D eigenvalue weighted by Crippen LogP contribution is -2.23. The minimum Gasteiger partial charge on any atom is -0.264 e. The van der Waals surface area contributed by atoms with Gasteiger partial charge in [0.1, 0.15) is 0 Å². The van der Waals surface area contributed by atoms with Crippen molar-refractivity contribution >= 4 is 28.9 Å². The van der Waals surface area contributed by atoms with E-state index in [1.807, 2.05) is 60.7 Å². The fourth-order valence-electron chi connectivity index (χ4n) is 2.07. The summed E-state index contributed by atoms with van der Waals surface area (Å²) in [6.07, 6.45) is -0.0742. The molecule has 2 aromatic rings. The van der Waals surface area contributed by atoms with E-state index in [-0.39, 0.29) is 0 Å². The fourth-order valence-corrected chi connectivity index (χ4v) is 5.03. The van der Waals surface area contributed by atoms with Crippen molar-refractivity contribution in [3.63, 3.8) is 0 Å². The predicted octanol–water partition coefficient (Wildman–Crippen LogP) is 2.33. The summed E-state index contributed by atoms with van der Waals surface area (Å²) in [5.74, 6) is 0. The van der Waals surface area contributed by atoms with Crippen molar-refractivity contribution in [2.45, 2.75) is 13.0 Å². The maximum Gasteiger partial charge on any atom is 0.397 e. The van der Waals surface area contributed by atoms with Crippen molar-refractivity contribution < 1.29 is 17.2 Å². The highest BCUT2D eigenvalue weighted by atomic mass is 32.3. The van der Waals surface area contributed by atoms with Crippen molar-refractivity contribution in [2.75, 3.05) is 6.16 Å². The zero-order chi connectivity index (χ0) is 15.3. The average Bonchev–Trinajstić information content (AvgIpc) is 2.45. The molecule has 2 aromatic carbocycles. The van der Waals surface area contributed by atoms with Crippen LogP contribution < -0.4 is 10.6 Å². The monoisotopic (exact) mass is 324 g/mol. The number of rotatable bonds is 6. The van der Waals surface area contributed by atoms with E-state index in [2.05, 4.69) is 4.18 Å². The molecule has 1 atom stereocenters. The van der Waals surface area contributed by atoms with Crippen LogP contribution in [-0.4, -0.2) is 25.2 Å². The third-order valence-electron chi connectivity index (χ3n) is 2.86. The predicted molar refractivity (Wildman–Crippen MR) is 86.0 cm³/mol. The van der Waals surface area contributed by atoms with Crippen molar-refractivity contribution in [3.8, 4) is 0 Å². The summed E-state index contributed by atoms with van der Waals surface area (Å²) in [7, 11) is -5.17. The van der Waals surface area contributed by atoms with Crippen LogP contribution in [0, 0.1) is 0 Å². The molecular weight excluding hydrogens is 307 g/mol. The molecule has 0 saturated heterocycles. The largest absolute Gasteiger partial charge is 0.397 e. The Morgan fingerprint density at radius 1 is 1.00 bits per heavy atom. The lowest BCUT2D eigenvalue weighted by atomic mass is 10.4. The lowest BCUT2D eigenvalue weighted by molar-refractivity contribution is 0.216. The summed E-state index contributed by atoms with van der Waals surface area (Å²) < 4.78 is 35.1. The molecule has 112 valence electrons. The first kappa shape index (κ1) is 16.1. The van der Waals surface area contributed by atoms with Gasteiger partial charge in [0.15, 0.2) is 0 Å². The van der Waals surface area contributed by atoms with Crippen molar-refractivity contribution in [3.05, 3.63) is 60.7 Å². The van der Waals surface area contributed by atoms with Gasteiger partial charge in [-0.2, -0.15) is 8.42 Å². The molecule has 0 aliphatic heterocycles. The minimum absolute atomic E-state index is 0.517. The Labute approximate surface area is 126 Å². The fraction of sp³-hybridized carbons (Fsp3) is 0.200. The van der Waals surface area contributed by atoms with Crippen LogP contribution in [0.25, 0.3) is 0 Å². The highest BCUT2D eigenvalue weighted by molar-refractivity contribution is 7.81. The second kappa shape index (κ2) is 7.14. The Balaban J connectivity index is 2.25. The van der Waals surface area contributed by atoms with Gasteiger partial charge < -0.3 is 0 Å². The van der Waals surface area contributed by atoms with Crippen molar-refractivity contribution in [2.24, 2.45) is 0 Å². The molecule has 0 aromatic heterocycles. The van der Waals surface area contributed by atoms with Gasteiger partial charge in [-0.1, -0.05) is 60.7 Å². The maximum absolute atomic E-state index is 10.8. The summed E-state index contributed by atoms with van der Waals surface area (Å²) in [6, 6.07) is 19.8. The van der Waals surface area contributed by atoms with Gasteiger partial charge in [0, 0.05) is 6.16 Å². The lowest BCUT2D eigenvalue weighted by Gasteiger charge is -2.21. The second-order valence-corrected chi connectivity index (χ2v) is 7.92. The first-order chi connectivity index (χ1) is 9.96. The average molecular weight is 324 g/mol. The number of hydrogen-bond donors (Lipinski definition) is 1.